The first-order chi connectivity index (χ1) is 6.45. The molecule has 14 heavy (non-hydrogen) atoms. The summed E-state index contributed by atoms with van der Waals surface area (Å²) in [5.74, 6) is 0. The fraction of sp³-hybridized carbons (Fsp3) is 0. The summed E-state index contributed by atoms with van der Waals surface area (Å²) in [6, 6.07) is 14.4. The SMILES string of the molecule is B.c1ccc2c(c1)ccc1ccoc12. The van der Waals surface area contributed by atoms with E-state index in [2.05, 4.69) is 24.3 Å². The highest BCUT2D eigenvalue weighted by Gasteiger charge is 2.00. The highest BCUT2D eigenvalue weighted by Crippen LogP contribution is 2.25. The maximum atomic E-state index is 5.43. The number of hydrogen-bond donors (Lipinski definition) is 0. The monoisotopic (exact) mass is 182 g/mol. The number of furan rings is 1. The Morgan fingerprint density at radius 3 is 2.50 bits per heavy atom. The van der Waals surface area contributed by atoms with Crippen molar-refractivity contribution in [1.82, 2.24) is 0 Å². The second-order valence-electron chi connectivity index (χ2n) is 3.13. The largest absolute Gasteiger partial charge is 0.464 e. The van der Waals surface area contributed by atoms with E-state index in [4.69, 9.17) is 4.42 Å². The lowest BCUT2D eigenvalue weighted by Crippen LogP contribution is -1.71. The standard InChI is InChI=1S/C12H8O.BH3/c1-2-4-11-9(3-1)5-6-10-7-8-13-12(10)11;/h1-8H;1H3. The molecule has 0 spiro atoms. The first-order valence-electron chi connectivity index (χ1n) is 4.30. The van der Waals surface area contributed by atoms with E-state index in [9.17, 15) is 0 Å². The highest BCUT2D eigenvalue weighted by molar-refractivity contribution is 6.03. The Hall–Kier alpha value is -1.70. The molecule has 1 nitrogen and oxygen atoms in total. The van der Waals surface area contributed by atoms with Crippen LogP contribution in [0.15, 0.2) is 53.1 Å². The van der Waals surface area contributed by atoms with Crippen molar-refractivity contribution in [3.8, 4) is 0 Å². The molecule has 3 rings (SSSR count). The van der Waals surface area contributed by atoms with Gasteiger partial charge in [-0.25, -0.2) is 0 Å². The molecule has 0 aliphatic carbocycles. The minimum Gasteiger partial charge on any atom is -0.464 e. The van der Waals surface area contributed by atoms with Gasteiger partial charge in [-0.3, -0.25) is 0 Å². The summed E-state index contributed by atoms with van der Waals surface area (Å²) in [5, 5.41) is 3.58. The molecule has 2 heteroatoms. The van der Waals surface area contributed by atoms with Gasteiger partial charge in [0.1, 0.15) is 5.58 Å². The molecular formula is C12H11BO. The van der Waals surface area contributed by atoms with Crippen molar-refractivity contribution in [2.24, 2.45) is 0 Å². The molecule has 3 aromatic rings. The van der Waals surface area contributed by atoms with Crippen molar-refractivity contribution in [3.05, 3.63) is 48.7 Å². The number of benzene rings is 2. The maximum Gasteiger partial charge on any atom is 0.141 e. The van der Waals surface area contributed by atoms with Crippen molar-refractivity contribution < 1.29 is 4.42 Å². The van der Waals surface area contributed by atoms with E-state index in [-0.39, 0.29) is 8.41 Å². The van der Waals surface area contributed by atoms with Crippen LogP contribution in [0.2, 0.25) is 0 Å². The van der Waals surface area contributed by atoms with Crippen LogP contribution in [0.1, 0.15) is 0 Å². The normalized spacial score (nSPS) is 10.3. The van der Waals surface area contributed by atoms with Crippen LogP contribution in [0.3, 0.4) is 0 Å². The van der Waals surface area contributed by atoms with Gasteiger partial charge in [-0.15, -0.1) is 0 Å². The van der Waals surface area contributed by atoms with E-state index < -0.39 is 0 Å². The fourth-order valence-corrected chi connectivity index (χ4v) is 1.70. The van der Waals surface area contributed by atoms with Crippen molar-refractivity contribution in [1.29, 1.82) is 0 Å². The molecule has 0 amide bonds. The molecule has 1 aromatic heterocycles. The molecule has 0 saturated carbocycles. The Morgan fingerprint density at radius 1 is 0.786 bits per heavy atom. The van der Waals surface area contributed by atoms with Crippen molar-refractivity contribution in [2.75, 3.05) is 0 Å². The number of hydrogen-bond acceptors (Lipinski definition) is 1. The lowest BCUT2D eigenvalue weighted by molar-refractivity contribution is 0.619. The van der Waals surface area contributed by atoms with Crippen LogP contribution in [0.4, 0.5) is 0 Å². The Balaban J connectivity index is 0.000000750. The molecule has 0 atom stereocenters. The van der Waals surface area contributed by atoms with E-state index in [1.807, 2.05) is 18.2 Å². The highest BCUT2D eigenvalue weighted by atomic mass is 16.3. The van der Waals surface area contributed by atoms with Crippen LogP contribution in [-0.2, 0) is 0 Å². The Morgan fingerprint density at radius 2 is 1.57 bits per heavy atom. The molecule has 0 saturated heterocycles. The zero-order chi connectivity index (χ0) is 8.67. The summed E-state index contributed by atoms with van der Waals surface area (Å²) in [6.07, 6.45) is 1.73. The van der Waals surface area contributed by atoms with Gasteiger partial charge in [-0.05, 0) is 11.5 Å². The van der Waals surface area contributed by atoms with Crippen LogP contribution in [0.5, 0.6) is 0 Å². The molecule has 0 aliphatic rings. The summed E-state index contributed by atoms with van der Waals surface area (Å²) in [5.41, 5.74) is 0.984. The molecule has 68 valence electrons. The maximum absolute atomic E-state index is 5.43. The predicted molar refractivity (Wildman–Crippen MR) is 63.7 cm³/mol. The third kappa shape index (κ3) is 1.11. The zero-order valence-corrected chi connectivity index (χ0v) is 7.03. The Kier molecular flexibility index (Phi) is 2.04. The molecule has 0 N–H and O–H groups in total. The van der Waals surface area contributed by atoms with Crippen LogP contribution in [0, 0.1) is 0 Å². The number of fused-ring (bicyclic) bond motifs is 3. The van der Waals surface area contributed by atoms with Crippen LogP contribution in [-0.4, -0.2) is 8.41 Å². The topological polar surface area (TPSA) is 13.1 Å². The summed E-state index contributed by atoms with van der Waals surface area (Å²) < 4.78 is 5.43. The minimum absolute atomic E-state index is 0. The van der Waals surface area contributed by atoms with Gasteiger partial charge in [0.05, 0.1) is 14.7 Å². The average Bonchev–Trinajstić information content (AvgIpc) is 2.65. The Labute approximate surface area is 83.9 Å². The number of rotatable bonds is 0. The predicted octanol–water partition coefficient (Wildman–Crippen LogP) is 2.40. The lowest BCUT2D eigenvalue weighted by atomic mass is 10.1. The van der Waals surface area contributed by atoms with Gasteiger partial charge in [0.2, 0.25) is 0 Å². The van der Waals surface area contributed by atoms with E-state index in [0.717, 1.165) is 5.58 Å². The molecule has 1 heterocycles. The van der Waals surface area contributed by atoms with E-state index in [0.29, 0.717) is 0 Å². The van der Waals surface area contributed by atoms with Gasteiger partial charge >= 0.3 is 0 Å². The van der Waals surface area contributed by atoms with Crippen molar-refractivity contribution in [2.45, 2.75) is 0 Å². The van der Waals surface area contributed by atoms with Gasteiger partial charge in [0, 0.05) is 10.8 Å². The van der Waals surface area contributed by atoms with E-state index >= 15 is 0 Å². The molecule has 0 unspecified atom stereocenters. The van der Waals surface area contributed by atoms with Gasteiger partial charge in [-0.2, -0.15) is 0 Å². The lowest BCUT2D eigenvalue weighted by Gasteiger charge is -1.96. The molecule has 0 radical (unpaired) electrons. The van der Waals surface area contributed by atoms with E-state index in [1.165, 1.54) is 16.2 Å². The fourth-order valence-electron chi connectivity index (χ4n) is 1.70. The summed E-state index contributed by atoms with van der Waals surface area (Å²) in [7, 11) is 0. The quantitative estimate of drug-likeness (QED) is 0.486. The summed E-state index contributed by atoms with van der Waals surface area (Å²) in [4.78, 5) is 0. The van der Waals surface area contributed by atoms with Crippen LogP contribution >= 0.6 is 0 Å². The zero-order valence-electron chi connectivity index (χ0n) is 7.03. The average molecular weight is 182 g/mol. The molecule has 0 bridgehead atoms. The third-order valence-electron chi connectivity index (χ3n) is 2.34. The van der Waals surface area contributed by atoms with Gasteiger partial charge < -0.3 is 4.42 Å². The van der Waals surface area contributed by atoms with Crippen molar-refractivity contribution >= 4 is 30.2 Å². The summed E-state index contributed by atoms with van der Waals surface area (Å²) >= 11 is 0. The molecule has 2 aromatic carbocycles. The van der Waals surface area contributed by atoms with Crippen molar-refractivity contribution in [3.63, 3.8) is 0 Å². The summed E-state index contributed by atoms with van der Waals surface area (Å²) in [6.45, 7) is 0. The Bertz CT molecular complexity index is 568. The molecule has 0 aliphatic heterocycles. The van der Waals surface area contributed by atoms with Gasteiger partial charge in [0.25, 0.3) is 0 Å². The second-order valence-corrected chi connectivity index (χ2v) is 3.13. The smallest absolute Gasteiger partial charge is 0.141 e. The van der Waals surface area contributed by atoms with Gasteiger partial charge in [-0.1, -0.05) is 36.4 Å². The second kappa shape index (κ2) is 3.22. The van der Waals surface area contributed by atoms with Crippen LogP contribution < -0.4 is 0 Å². The van der Waals surface area contributed by atoms with Gasteiger partial charge in [0.15, 0.2) is 0 Å². The van der Waals surface area contributed by atoms with E-state index in [1.54, 1.807) is 6.26 Å². The minimum atomic E-state index is 0. The molecule has 0 fully saturated rings. The first kappa shape index (κ1) is 8.88. The first-order valence-corrected chi connectivity index (χ1v) is 4.30. The third-order valence-corrected chi connectivity index (χ3v) is 2.34. The molecular weight excluding hydrogens is 171 g/mol. The van der Waals surface area contributed by atoms with Crippen LogP contribution in [0.25, 0.3) is 21.7 Å².